The van der Waals surface area contributed by atoms with Gasteiger partial charge in [-0.1, -0.05) is 30.7 Å². The topological polar surface area (TPSA) is 124 Å². The molecule has 2 atom stereocenters. The van der Waals surface area contributed by atoms with Gasteiger partial charge in [0.25, 0.3) is 0 Å². The predicted molar refractivity (Wildman–Crippen MR) is 148 cm³/mol. The number of methoxy groups -OCH3 is 1. The molecule has 1 heterocycles. The maximum absolute atomic E-state index is 13.7. The number of aromatic carboxylic acids is 1. The fourth-order valence-electron chi connectivity index (χ4n) is 4.18. The van der Waals surface area contributed by atoms with Crippen molar-refractivity contribution < 1.29 is 24.2 Å². The van der Waals surface area contributed by atoms with E-state index in [4.69, 9.17) is 16.3 Å². The summed E-state index contributed by atoms with van der Waals surface area (Å²) in [6.45, 7) is 2.10. The fraction of sp³-hybridized carbons (Fsp3) is 0.385. The van der Waals surface area contributed by atoms with Crippen molar-refractivity contribution in [3.05, 3.63) is 64.2 Å². The molecule has 0 radical (unpaired) electrons. The third-order valence-corrected chi connectivity index (χ3v) is 6.23. The van der Waals surface area contributed by atoms with Gasteiger partial charge in [0, 0.05) is 25.7 Å². The number of benzene rings is 2. The van der Waals surface area contributed by atoms with Crippen LogP contribution < -0.4 is 15.4 Å². The van der Waals surface area contributed by atoms with Crippen molar-refractivity contribution in [3.8, 4) is 5.75 Å². The standard InChI is InChI=1S/C26H32ClN5O5.ClH/c1-5-21(16-7-6-8-17(11-16)25(34)35)29-26(36)32-15-23(30-31(2)3)28-14-19(24(32)33)12-18-13-20(27)9-10-22(18)37-4;/h6-11,13,19,21H,5,12,14-15H2,1-4H3,(H,28,30)(H,29,36)(H,34,35);1H/t19-,21-;/m1./s1. The van der Waals surface area contributed by atoms with Gasteiger partial charge in [0.05, 0.1) is 31.2 Å². The minimum absolute atomic E-state index is 0. The Bertz CT molecular complexity index is 1190. The summed E-state index contributed by atoms with van der Waals surface area (Å²) in [5, 5.41) is 21.9. The number of carboxylic acids is 1. The van der Waals surface area contributed by atoms with Crippen LogP contribution in [0, 0.1) is 5.92 Å². The molecule has 38 heavy (non-hydrogen) atoms. The summed E-state index contributed by atoms with van der Waals surface area (Å²) in [7, 11) is 5.05. The van der Waals surface area contributed by atoms with Crippen LogP contribution in [0.4, 0.5) is 4.79 Å². The van der Waals surface area contributed by atoms with Crippen molar-refractivity contribution >= 4 is 47.8 Å². The molecule has 0 spiro atoms. The highest BCUT2D eigenvalue weighted by Gasteiger charge is 2.35. The molecule has 3 rings (SSSR count). The maximum Gasteiger partial charge on any atom is 0.335 e. The van der Waals surface area contributed by atoms with Gasteiger partial charge in [0.2, 0.25) is 5.91 Å². The highest BCUT2D eigenvalue weighted by atomic mass is 35.5. The summed E-state index contributed by atoms with van der Waals surface area (Å²) in [6, 6.07) is 10.5. The molecule has 3 amide bonds. The zero-order valence-corrected chi connectivity index (χ0v) is 23.3. The van der Waals surface area contributed by atoms with Gasteiger partial charge in [-0.25, -0.2) is 9.59 Å². The van der Waals surface area contributed by atoms with E-state index < -0.39 is 24.0 Å². The van der Waals surface area contributed by atoms with Crippen LogP contribution in [0.25, 0.3) is 0 Å². The number of hydrogen-bond donors (Lipinski definition) is 3. The number of imide groups is 1. The van der Waals surface area contributed by atoms with Crippen LogP contribution in [0.15, 0.2) is 47.6 Å². The van der Waals surface area contributed by atoms with Crippen molar-refractivity contribution in [1.29, 1.82) is 0 Å². The second-order valence-electron chi connectivity index (χ2n) is 8.90. The average molecular weight is 566 g/mol. The summed E-state index contributed by atoms with van der Waals surface area (Å²) in [5.41, 5.74) is 1.51. The molecule has 0 bridgehead atoms. The highest BCUT2D eigenvalue weighted by Crippen LogP contribution is 2.27. The predicted octanol–water partition coefficient (Wildman–Crippen LogP) is 3.80. The first-order valence-corrected chi connectivity index (χ1v) is 12.3. The molecule has 3 N–H and O–H groups in total. The molecule has 0 aromatic heterocycles. The minimum Gasteiger partial charge on any atom is -0.496 e. The normalized spacial score (nSPS) is 17.1. The molecule has 2 aromatic rings. The lowest BCUT2D eigenvalue weighted by atomic mass is 9.97. The van der Waals surface area contributed by atoms with Gasteiger partial charge < -0.3 is 25.5 Å². The fourth-order valence-corrected chi connectivity index (χ4v) is 4.38. The Morgan fingerprint density at radius 1 is 1.29 bits per heavy atom. The Morgan fingerprint density at radius 3 is 2.66 bits per heavy atom. The number of carbonyl (C=O) groups excluding carboxylic acids is 2. The number of halogens is 2. The summed E-state index contributed by atoms with van der Waals surface area (Å²) >= 11 is 6.19. The van der Waals surface area contributed by atoms with E-state index in [2.05, 4.69) is 15.7 Å². The van der Waals surface area contributed by atoms with Crippen LogP contribution in [0.2, 0.25) is 5.02 Å². The van der Waals surface area contributed by atoms with E-state index in [1.165, 1.54) is 12.1 Å². The molecule has 2 aromatic carbocycles. The largest absolute Gasteiger partial charge is 0.496 e. The summed E-state index contributed by atoms with van der Waals surface area (Å²) in [4.78, 5) is 39.7. The molecule has 1 saturated heterocycles. The highest BCUT2D eigenvalue weighted by molar-refractivity contribution is 6.30. The van der Waals surface area contributed by atoms with Gasteiger partial charge in [-0.15, -0.1) is 12.4 Å². The summed E-state index contributed by atoms with van der Waals surface area (Å²) in [6.07, 6.45) is 0.795. The Morgan fingerprint density at radius 2 is 2.03 bits per heavy atom. The van der Waals surface area contributed by atoms with Crippen LogP contribution in [-0.2, 0) is 11.2 Å². The number of urea groups is 1. The first-order valence-electron chi connectivity index (χ1n) is 11.9. The molecule has 1 fully saturated rings. The van der Waals surface area contributed by atoms with Gasteiger partial charge in [0.15, 0.2) is 0 Å². The number of rotatable bonds is 8. The second kappa shape index (κ2) is 13.9. The molecule has 12 heteroatoms. The van der Waals surface area contributed by atoms with Gasteiger partial charge >= 0.3 is 12.0 Å². The third kappa shape index (κ3) is 7.75. The van der Waals surface area contributed by atoms with Gasteiger partial charge in [-0.2, -0.15) is 5.10 Å². The number of hydrogen-bond acceptors (Lipinski definition) is 6. The third-order valence-electron chi connectivity index (χ3n) is 5.99. The van der Waals surface area contributed by atoms with E-state index >= 15 is 0 Å². The van der Waals surface area contributed by atoms with Crippen LogP contribution >= 0.6 is 24.0 Å². The molecular weight excluding hydrogens is 533 g/mol. The van der Waals surface area contributed by atoms with Gasteiger partial charge in [-0.3, -0.25) is 9.69 Å². The van der Waals surface area contributed by atoms with Crippen LogP contribution in [0.3, 0.4) is 0 Å². The minimum atomic E-state index is -1.05. The van der Waals surface area contributed by atoms with Crippen molar-refractivity contribution in [1.82, 2.24) is 20.5 Å². The van der Waals surface area contributed by atoms with E-state index in [-0.39, 0.29) is 37.0 Å². The summed E-state index contributed by atoms with van der Waals surface area (Å²) < 4.78 is 5.44. The summed E-state index contributed by atoms with van der Waals surface area (Å²) in [5.74, 6) is -0.951. The smallest absolute Gasteiger partial charge is 0.335 e. The lowest BCUT2D eigenvalue weighted by molar-refractivity contribution is -0.131. The van der Waals surface area contributed by atoms with Crippen molar-refractivity contribution in [3.63, 3.8) is 0 Å². The Labute approximate surface area is 233 Å². The lowest BCUT2D eigenvalue weighted by Crippen LogP contribution is -2.48. The Kier molecular flexibility index (Phi) is 11.2. The molecule has 1 aliphatic heterocycles. The number of nitrogens with one attached hydrogen (secondary N) is 2. The van der Waals surface area contributed by atoms with Crippen molar-refractivity contribution in [2.45, 2.75) is 25.8 Å². The molecule has 10 nitrogen and oxygen atoms in total. The van der Waals surface area contributed by atoms with E-state index in [0.717, 1.165) is 10.5 Å². The quantitative estimate of drug-likeness (QED) is 0.416. The van der Waals surface area contributed by atoms with E-state index in [1.54, 1.807) is 56.5 Å². The van der Waals surface area contributed by atoms with Gasteiger partial charge in [0.1, 0.15) is 11.6 Å². The number of carboxylic acid groups (broad SMARTS) is 1. The van der Waals surface area contributed by atoms with E-state index in [1.807, 2.05) is 6.92 Å². The average Bonchev–Trinajstić information content (AvgIpc) is 3.01. The molecule has 206 valence electrons. The van der Waals surface area contributed by atoms with Crippen molar-refractivity contribution in [2.24, 2.45) is 11.0 Å². The van der Waals surface area contributed by atoms with E-state index in [0.29, 0.717) is 35.0 Å². The Hall–Kier alpha value is -3.50. The van der Waals surface area contributed by atoms with E-state index in [9.17, 15) is 19.5 Å². The Balaban J connectivity index is 0.00000507. The van der Waals surface area contributed by atoms with Crippen LogP contribution in [-0.4, -0.2) is 73.1 Å². The second-order valence-corrected chi connectivity index (χ2v) is 9.33. The zero-order valence-electron chi connectivity index (χ0n) is 21.7. The molecule has 1 aliphatic rings. The number of nitrogens with zero attached hydrogens (tertiary/aromatic N) is 3. The lowest BCUT2D eigenvalue weighted by Gasteiger charge is -2.26. The number of ether oxygens (including phenoxy) is 1. The number of carbonyl (C=O) groups is 3. The number of hydrazone groups is 1. The number of amidine groups is 1. The SMILES string of the molecule is CC[C@@H](NC(=O)N1C/C(=N\N(C)C)NC[C@@H](Cc2cc(Cl)ccc2OC)C1=O)c1cccc(C(=O)O)c1.Cl. The van der Waals surface area contributed by atoms with Crippen molar-refractivity contribution in [2.75, 3.05) is 34.3 Å². The molecule has 0 aliphatic carbocycles. The first kappa shape index (κ1) is 30.7. The first-order chi connectivity index (χ1) is 17.6. The zero-order chi connectivity index (χ0) is 27.1. The molecule has 0 unspecified atom stereocenters. The maximum atomic E-state index is 13.7. The van der Waals surface area contributed by atoms with Gasteiger partial charge in [-0.05, 0) is 54.3 Å². The molecule has 0 saturated carbocycles. The number of amides is 3. The van der Waals surface area contributed by atoms with Crippen LogP contribution in [0.5, 0.6) is 5.75 Å². The molecular formula is C26H33Cl2N5O5. The van der Waals surface area contributed by atoms with Crippen LogP contribution in [0.1, 0.15) is 40.9 Å². The monoisotopic (exact) mass is 565 g/mol.